The number of aliphatic carboxylic acids is 3. The minimum absolute atomic E-state index is 0.143. The van der Waals surface area contributed by atoms with Gasteiger partial charge in [0.05, 0.1) is 0 Å². The highest BCUT2D eigenvalue weighted by Crippen LogP contribution is 2.47. The average molecular weight is 374 g/mol. The fourth-order valence-corrected chi connectivity index (χ4v) is 3.58. The number of carboxylic acids is 3. The number of rotatable bonds is 14. The van der Waals surface area contributed by atoms with Gasteiger partial charge in [-0.15, -0.1) is 0 Å². The third-order valence-electron chi connectivity index (χ3n) is 5.02. The van der Waals surface area contributed by atoms with Crippen LogP contribution in [-0.2, 0) is 23.9 Å². The summed E-state index contributed by atoms with van der Waals surface area (Å²) >= 11 is 0. The Hall–Kier alpha value is -1.96. The van der Waals surface area contributed by atoms with Crippen LogP contribution < -0.4 is 0 Å². The Bertz CT molecular complexity index is 523. The number of carboxylic acid groups (broad SMARTS) is 3. The molecule has 0 aliphatic heterocycles. The van der Waals surface area contributed by atoms with Crippen molar-refractivity contribution >= 4 is 23.7 Å². The van der Waals surface area contributed by atoms with Gasteiger partial charge in [-0.2, -0.15) is 0 Å². The molecule has 0 aromatic carbocycles. The lowest BCUT2D eigenvalue weighted by Gasteiger charge is -2.46. The van der Waals surface area contributed by atoms with E-state index in [0.717, 1.165) is 6.42 Å². The zero-order valence-electron chi connectivity index (χ0n) is 15.9. The average Bonchev–Trinajstić information content (AvgIpc) is 2.55. The lowest BCUT2D eigenvalue weighted by atomic mass is 9.60. The highest BCUT2D eigenvalue weighted by Gasteiger charge is 2.68. The summed E-state index contributed by atoms with van der Waals surface area (Å²) < 4.78 is 5.37. The molecule has 2 unspecified atom stereocenters. The Morgan fingerprint density at radius 2 is 1.42 bits per heavy atom. The summed E-state index contributed by atoms with van der Waals surface area (Å²) in [6.45, 7) is 6.01. The topological polar surface area (TPSA) is 138 Å². The minimum atomic E-state index is -2.69. The molecule has 0 heterocycles. The van der Waals surface area contributed by atoms with Crippen LogP contribution in [0.4, 0.5) is 0 Å². The number of hydrogen-bond acceptors (Lipinski definition) is 5. The van der Waals surface area contributed by atoms with E-state index < -0.39 is 40.6 Å². The maximum absolute atomic E-state index is 12.7. The SMILES string of the molecule is CCCCCC(=O)C(C(=O)O)C(OCC)(C(=O)O)C(CC)(CC)C(=O)O. The van der Waals surface area contributed by atoms with E-state index in [4.69, 9.17) is 4.74 Å². The molecule has 0 amide bonds. The Morgan fingerprint density at radius 3 is 1.73 bits per heavy atom. The Kier molecular flexibility index (Phi) is 9.48. The van der Waals surface area contributed by atoms with E-state index in [0.29, 0.717) is 12.8 Å². The van der Waals surface area contributed by atoms with Crippen molar-refractivity contribution in [3.8, 4) is 0 Å². The molecule has 0 aliphatic carbocycles. The first-order valence-electron chi connectivity index (χ1n) is 8.99. The van der Waals surface area contributed by atoms with E-state index in [1.165, 1.54) is 20.8 Å². The van der Waals surface area contributed by atoms with Crippen molar-refractivity contribution in [1.29, 1.82) is 0 Å². The zero-order valence-corrected chi connectivity index (χ0v) is 15.9. The molecule has 0 aromatic rings. The summed E-state index contributed by atoms with van der Waals surface area (Å²) in [5.41, 5.74) is -4.75. The van der Waals surface area contributed by atoms with Crippen molar-refractivity contribution in [2.45, 2.75) is 71.8 Å². The summed E-state index contributed by atoms with van der Waals surface area (Å²) in [6.07, 6.45) is 1.34. The van der Waals surface area contributed by atoms with Crippen LogP contribution in [0.15, 0.2) is 0 Å². The van der Waals surface area contributed by atoms with Gasteiger partial charge in [0.15, 0.2) is 11.7 Å². The maximum atomic E-state index is 12.7. The third-order valence-corrected chi connectivity index (χ3v) is 5.02. The quantitative estimate of drug-likeness (QED) is 0.311. The summed E-state index contributed by atoms with van der Waals surface area (Å²) in [6, 6.07) is 0. The Balaban J connectivity index is 6.58. The second-order valence-corrected chi connectivity index (χ2v) is 6.26. The number of ether oxygens (including phenoxy) is 1. The van der Waals surface area contributed by atoms with Crippen molar-refractivity contribution in [3.63, 3.8) is 0 Å². The monoisotopic (exact) mass is 374 g/mol. The number of carbonyl (C=O) groups is 4. The molecule has 0 spiro atoms. The molecule has 0 rings (SSSR count). The van der Waals surface area contributed by atoms with Gasteiger partial charge in [-0.25, -0.2) is 4.79 Å². The van der Waals surface area contributed by atoms with E-state index in [2.05, 4.69) is 0 Å². The fraction of sp³-hybridized carbons (Fsp3) is 0.778. The number of unbranched alkanes of at least 4 members (excludes halogenated alkanes) is 2. The first-order valence-corrected chi connectivity index (χ1v) is 8.99. The normalized spacial score (nSPS) is 15.1. The molecular weight excluding hydrogens is 344 g/mol. The molecule has 0 radical (unpaired) electrons. The molecule has 8 heteroatoms. The lowest BCUT2D eigenvalue weighted by Crippen LogP contribution is -2.67. The van der Waals surface area contributed by atoms with Gasteiger partial charge in [0.2, 0.25) is 5.60 Å². The van der Waals surface area contributed by atoms with Crippen LogP contribution >= 0.6 is 0 Å². The van der Waals surface area contributed by atoms with Crippen LogP contribution in [-0.4, -0.2) is 51.2 Å². The maximum Gasteiger partial charge on any atom is 0.338 e. The van der Waals surface area contributed by atoms with Gasteiger partial charge in [0, 0.05) is 13.0 Å². The van der Waals surface area contributed by atoms with Crippen molar-refractivity contribution in [2.75, 3.05) is 6.61 Å². The second kappa shape index (κ2) is 10.3. The molecular formula is C18H30O8. The number of Topliss-reactive ketones (excluding diaryl/α,β-unsaturated/α-hetero) is 1. The van der Waals surface area contributed by atoms with Crippen molar-refractivity contribution in [2.24, 2.45) is 11.3 Å². The van der Waals surface area contributed by atoms with Gasteiger partial charge in [-0.05, 0) is 26.2 Å². The molecule has 26 heavy (non-hydrogen) atoms. The smallest absolute Gasteiger partial charge is 0.338 e. The predicted molar refractivity (Wildman–Crippen MR) is 92.9 cm³/mol. The molecule has 0 aromatic heterocycles. The highest BCUT2D eigenvalue weighted by atomic mass is 16.5. The number of carbonyl (C=O) groups excluding carboxylic acids is 1. The van der Waals surface area contributed by atoms with Crippen molar-refractivity contribution in [1.82, 2.24) is 0 Å². The molecule has 2 atom stereocenters. The molecule has 3 N–H and O–H groups in total. The Morgan fingerprint density at radius 1 is 0.885 bits per heavy atom. The number of ketones is 1. The molecule has 0 fully saturated rings. The summed E-state index contributed by atoms with van der Waals surface area (Å²) in [4.78, 5) is 48.9. The molecule has 0 saturated heterocycles. The van der Waals surface area contributed by atoms with Crippen LogP contribution in [0.5, 0.6) is 0 Å². The first kappa shape index (κ1) is 24.0. The zero-order chi connectivity index (χ0) is 20.5. The van der Waals surface area contributed by atoms with E-state index in [1.54, 1.807) is 0 Å². The third kappa shape index (κ3) is 4.23. The van der Waals surface area contributed by atoms with Gasteiger partial charge >= 0.3 is 17.9 Å². The lowest BCUT2D eigenvalue weighted by molar-refractivity contribution is -0.217. The second-order valence-electron chi connectivity index (χ2n) is 6.26. The summed E-state index contributed by atoms with van der Waals surface area (Å²) in [7, 11) is 0. The minimum Gasteiger partial charge on any atom is -0.481 e. The largest absolute Gasteiger partial charge is 0.481 e. The summed E-state index contributed by atoms with van der Waals surface area (Å²) in [5.74, 6) is -7.86. The predicted octanol–water partition coefficient (Wildman–Crippen LogP) is 2.59. The van der Waals surface area contributed by atoms with E-state index in [1.807, 2.05) is 6.92 Å². The molecule has 8 nitrogen and oxygen atoms in total. The van der Waals surface area contributed by atoms with Crippen molar-refractivity contribution in [3.05, 3.63) is 0 Å². The standard InChI is InChI=1S/C18H30O8/c1-5-9-10-11-12(19)13(14(20)21)18(16(24)25,26-8-4)17(6-2,7-3)15(22)23/h13H,5-11H2,1-4H3,(H,20,21)(H,22,23)(H,24,25). The van der Waals surface area contributed by atoms with Crippen LogP contribution in [0.25, 0.3) is 0 Å². The van der Waals surface area contributed by atoms with E-state index in [9.17, 15) is 34.5 Å². The van der Waals surface area contributed by atoms with E-state index >= 15 is 0 Å². The summed E-state index contributed by atoms with van der Waals surface area (Å²) in [5, 5.41) is 29.4. The van der Waals surface area contributed by atoms with Gasteiger partial charge in [-0.1, -0.05) is 33.6 Å². The van der Waals surface area contributed by atoms with Crippen molar-refractivity contribution < 1.29 is 39.2 Å². The first-order chi connectivity index (χ1) is 12.1. The van der Waals surface area contributed by atoms with Crippen LogP contribution in [0.1, 0.15) is 66.2 Å². The van der Waals surface area contributed by atoms with E-state index in [-0.39, 0.29) is 25.9 Å². The molecule has 0 aliphatic rings. The van der Waals surface area contributed by atoms with Gasteiger partial charge in [0.1, 0.15) is 5.41 Å². The molecule has 0 bridgehead atoms. The highest BCUT2D eigenvalue weighted by molar-refractivity contribution is 6.06. The molecule has 150 valence electrons. The van der Waals surface area contributed by atoms with Crippen LogP contribution in [0.3, 0.4) is 0 Å². The Labute approximate surface area is 153 Å². The fourth-order valence-electron chi connectivity index (χ4n) is 3.58. The van der Waals surface area contributed by atoms with Gasteiger partial charge in [0.25, 0.3) is 0 Å². The van der Waals surface area contributed by atoms with Gasteiger partial charge in [-0.3, -0.25) is 14.4 Å². The van der Waals surface area contributed by atoms with Gasteiger partial charge < -0.3 is 20.1 Å². The number of hydrogen-bond donors (Lipinski definition) is 3. The van der Waals surface area contributed by atoms with Crippen LogP contribution in [0.2, 0.25) is 0 Å². The van der Waals surface area contributed by atoms with Crippen LogP contribution in [0, 0.1) is 11.3 Å². The molecule has 0 saturated carbocycles.